The van der Waals surface area contributed by atoms with Gasteiger partial charge >= 0.3 is 41.7 Å². The van der Waals surface area contributed by atoms with Gasteiger partial charge in [0.2, 0.25) is 0 Å². The number of aryl methyl sites for hydroxylation is 1. The van der Waals surface area contributed by atoms with Gasteiger partial charge in [-0.05, 0) is 48.9 Å². The van der Waals surface area contributed by atoms with Crippen molar-refractivity contribution in [1.29, 1.82) is 0 Å². The van der Waals surface area contributed by atoms with E-state index in [4.69, 9.17) is 4.74 Å². The van der Waals surface area contributed by atoms with Crippen LogP contribution in [0.15, 0.2) is 48.8 Å². The van der Waals surface area contributed by atoms with Gasteiger partial charge in [0, 0.05) is 31.2 Å². The molecule has 20 heteroatoms. The minimum Gasteiger partial charge on any atom is -0.481 e. The first-order valence-electron chi connectivity index (χ1n) is 16.4. The molecular weight excluding hydrogens is 767 g/mol. The van der Waals surface area contributed by atoms with Gasteiger partial charge in [0.05, 0.1) is 6.42 Å². The number of alkyl halides is 15. The number of hydrogen-bond acceptors (Lipinski definition) is 5. The van der Waals surface area contributed by atoms with Gasteiger partial charge in [-0.3, -0.25) is 0 Å². The summed E-state index contributed by atoms with van der Waals surface area (Å²) in [7, 11) is 0. The molecule has 1 aliphatic rings. The van der Waals surface area contributed by atoms with Crippen molar-refractivity contribution in [3.05, 3.63) is 60.0 Å². The molecule has 54 heavy (non-hydrogen) atoms. The van der Waals surface area contributed by atoms with Crippen LogP contribution in [0.1, 0.15) is 63.1 Å². The quantitative estimate of drug-likeness (QED) is 0.0947. The predicted molar refractivity (Wildman–Crippen MR) is 162 cm³/mol. The Labute approximate surface area is 298 Å². The smallest absolute Gasteiger partial charge is 0.460 e. The van der Waals surface area contributed by atoms with Crippen molar-refractivity contribution in [3.8, 4) is 28.4 Å². The first-order chi connectivity index (χ1) is 24.9. The van der Waals surface area contributed by atoms with E-state index in [1.54, 1.807) is 12.1 Å². The minimum absolute atomic E-state index is 0.311. The SMILES string of the molecule is CCCCCCOCCCCc1ccc(-c2cnc(-c3ccc4c(n3)C(F)(F)C(CC(F)(F)C(F)(F)C(F)(F)C(F)(F)C(F)(F)C(F)(F)F)O4)nc2)cc1. The molecule has 0 aliphatic carbocycles. The first-order valence-corrected chi connectivity index (χ1v) is 16.4. The molecule has 1 atom stereocenters. The van der Waals surface area contributed by atoms with Crippen LogP contribution in [0.25, 0.3) is 22.6 Å². The Bertz CT molecular complexity index is 1700. The molecule has 0 bridgehead atoms. The van der Waals surface area contributed by atoms with Crippen molar-refractivity contribution in [2.45, 2.75) is 106 Å². The van der Waals surface area contributed by atoms with Crippen LogP contribution in [0, 0.1) is 0 Å². The highest BCUT2D eigenvalue weighted by Gasteiger charge is 2.91. The summed E-state index contributed by atoms with van der Waals surface area (Å²) in [6.45, 7) is 3.54. The van der Waals surface area contributed by atoms with Crippen molar-refractivity contribution in [2.24, 2.45) is 0 Å². The second-order valence-electron chi connectivity index (χ2n) is 12.6. The van der Waals surface area contributed by atoms with E-state index in [1.165, 1.54) is 18.8 Å². The Hall–Kier alpha value is -3.84. The molecule has 5 nitrogen and oxygen atoms in total. The Morgan fingerprint density at radius 2 is 1.24 bits per heavy atom. The fraction of sp³-hybridized carbons (Fsp3) is 0.559. The largest absolute Gasteiger partial charge is 0.481 e. The average molecular weight is 800 g/mol. The van der Waals surface area contributed by atoms with Crippen molar-refractivity contribution >= 4 is 0 Å². The summed E-state index contributed by atoms with van der Waals surface area (Å²) in [4.78, 5) is 11.6. The summed E-state index contributed by atoms with van der Waals surface area (Å²) < 4.78 is 216. The molecule has 0 N–H and O–H groups in total. The zero-order valence-corrected chi connectivity index (χ0v) is 28.1. The zero-order valence-electron chi connectivity index (χ0n) is 28.1. The normalized spacial score (nSPS) is 16.7. The summed E-state index contributed by atoms with van der Waals surface area (Å²) in [6, 6.07) is 8.96. The highest BCUT2D eigenvalue weighted by atomic mass is 19.4. The van der Waals surface area contributed by atoms with Crippen molar-refractivity contribution < 1.29 is 75.3 Å². The fourth-order valence-electron chi connectivity index (χ4n) is 5.36. The number of pyridine rings is 1. The van der Waals surface area contributed by atoms with Crippen molar-refractivity contribution in [1.82, 2.24) is 15.0 Å². The molecule has 0 amide bonds. The number of halogens is 15. The summed E-state index contributed by atoms with van der Waals surface area (Å²) in [5, 5.41) is 0. The zero-order chi connectivity index (χ0) is 40.4. The van der Waals surface area contributed by atoms with E-state index < -0.39 is 71.4 Å². The molecule has 4 rings (SSSR count). The third-order valence-corrected chi connectivity index (χ3v) is 8.60. The third-order valence-electron chi connectivity index (χ3n) is 8.60. The molecule has 300 valence electrons. The lowest BCUT2D eigenvalue weighted by atomic mass is 9.90. The molecule has 1 aliphatic heterocycles. The lowest BCUT2D eigenvalue weighted by Gasteiger charge is -2.40. The van der Waals surface area contributed by atoms with Crippen LogP contribution in [0.4, 0.5) is 65.9 Å². The highest BCUT2D eigenvalue weighted by Crippen LogP contribution is 2.61. The van der Waals surface area contributed by atoms with E-state index in [9.17, 15) is 57.1 Å². The number of rotatable bonds is 18. The number of benzene rings is 1. The molecular formula is C34H32F15N3O2. The van der Waals surface area contributed by atoms with Crippen LogP contribution in [0.5, 0.6) is 5.75 Å². The van der Waals surface area contributed by atoms with E-state index in [-0.39, 0.29) is 5.82 Å². The predicted octanol–water partition coefficient (Wildman–Crippen LogP) is 11.1. The van der Waals surface area contributed by atoms with Gasteiger partial charge in [0.15, 0.2) is 17.6 Å². The summed E-state index contributed by atoms with van der Waals surface area (Å²) in [5.41, 5.74) is 0.247. The molecule has 1 aromatic carbocycles. The minimum atomic E-state index is -8.16. The van der Waals surface area contributed by atoms with E-state index in [1.807, 2.05) is 12.1 Å². The molecule has 0 radical (unpaired) electrons. The maximum atomic E-state index is 15.2. The monoisotopic (exact) mass is 799 g/mol. The lowest BCUT2D eigenvalue weighted by molar-refractivity contribution is -0.441. The van der Waals surface area contributed by atoms with Gasteiger partial charge in [-0.1, -0.05) is 50.5 Å². The van der Waals surface area contributed by atoms with E-state index in [0.717, 1.165) is 56.8 Å². The molecule has 3 heterocycles. The van der Waals surface area contributed by atoms with Gasteiger partial charge < -0.3 is 9.47 Å². The van der Waals surface area contributed by atoms with Gasteiger partial charge in [-0.15, -0.1) is 0 Å². The average Bonchev–Trinajstić information content (AvgIpc) is 3.34. The second kappa shape index (κ2) is 15.7. The van der Waals surface area contributed by atoms with Crippen LogP contribution in [0.3, 0.4) is 0 Å². The molecule has 3 aromatic rings. The van der Waals surface area contributed by atoms with Crippen molar-refractivity contribution in [2.75, 3.05) is 13.2 Å². The highest BCUT2D eigenvalue weighted by molar-refractivity contribution is 5.63. The number of aromatic nitrogens is 3. The summed E-state index contributed by atoms with van der Waals surface area (Å²) in [6.07, 6.45) is -4.71. The van der Waals surface area contributed by atoms with Gasteiger partial charge in [-0.25, -0.2) is 15.0 Å². The fourth-order valence-corrected chi connectivity index (χ4v) is 5.36. The lowest BCUT2D eigenvalue weighted by Crippen LogP contribution is -2.70. The molecule has 2 aromatic heterocycles. The number of fused-ring (bicyclic) bond motifs is 1. The maximum absolute atomic E-state index is 15.2. The Morgan fingerprint density at radius 3 is 1.81 bits per heavy atom. The van der Waals surface area contributed by atoms with Crippen LogP contribution >= 0.6 is 0 Å². The summed E-state index contributed by atoms with van der Waals surface area (Å²) >= 11 is 0. The van der Waals surface area contributed by atoms with Crippen LogP contribution < -0.4 is 4.74 Å². The van der Waals surface area contributed by atoms with Crippen LogP contribution in [-0.4, -0.2) is 70.1 Å². The molecule has 0 fully saturated rings. The van der Waals surface area contributed by atoms with Crippen LogP contribution in [0.2, 0.25) is 0 Å². The van der Waals surface area contributed by atoms with Gasteiger partial charge in [0.25, 0.3) is 0 Å². The Morgan fingerprint density at radius 1 is 0.667 bits per heavy atom. The second-order valence-corrected chi connectivity index (χ2v) is 12.6. The van der Waals surface area contributed by atoms with Gasteiger partial charge in [-0.2, -0.15) is 65.9 Å². The molecule has 0 saturated carbocycles. The van der Waals surface area contributed by atoms with E-state index >= 15 is 8.78 Å². The number of ether oxygens (including phenoxy) is 2. The standard InChI is InChI=1S/C34H32F15N3O2/c1-2-3-4-6-15-53-16-7-5-8-20-9-11-21(12-10-20)22-18-50-27(51-19-22)23-13-14-24-26(52-23)29(37,38)25(54-24)17-28(35,36)30(39,40)31(41,42)32(43,44)33(45,46)34(47,48)49/h9-14,18-19,25H,2-8,15-17H2,1H3. The Kier molecular flexibility index (Phi) is 12.5. The van der Waals surface area contributed by atoms with E-state index in [2.05, 4.69) is 26.6 Å². The molecule has 0 saturated heterocycles. The first kappa shape index (κ1) is 42.9. The van der Waals surface area contributed by atoms with Gasteiger partial charge in [0.1, 0.15) is 11.4 Å². The molecule has 1 unspecified atom stereocenters. The molecule has 0 spiro atoms. The number of unbranched alkanes of at least 4 members (excludes halogenated alkanes) is 4. The third kappa shape index (κ3) is 8.22. The van der Waals surface area contributed by atoms with E-state index in [0.29, 0.717) is 23.8 Å². The number of hydrogen-bond donors (Lipinski definition) is 0. The van der Waals surface area contributed by atoms with Crippen molar-refractivity contribution in [3.63, 3.8) is 0 Å². The Balaban J connectivity index is 1.42. The maximum Gasteiger partial charge on any atom is 0.460 e. The van der Waals surface area contributed by atoms with Crippen LogP contribution in [-0.2, 0) is 17.1 Å². The number of nitrogens with zero attached hydrogens (tertiary/aromatic N) is 3. The summed E-state index contributed by atoms with van der Waals surface area (Å²) in [5.74, 6) is -45.0. The topological polar surface area (TPSA) is 57.1 Å².